The molecule has 0 bridgehead atoms. The molecule has 0 aliphatic carbocycles. The fourth-order valence-corrected chi connectivity index (χ4v) is 2.52. The number of hydrogen-bond acceptors (Lipinski definition) is 3. The van der Waals surface area contributed by atoms with E-state index in [0.29, 0.717) is 5.69 Å². The summed E-state index contributed by atoms with van der Waals surface area (Å²) in [6.45, 7) is 1.73. The number of amides is 1. The second kappa shape index (κ2) is 6.58. The molecule has 3 N–H and O–H groups in total. The highest BCUT2D eigenvalue weighted by atomic mass is 32.2. The highest BCUT2D eigenvalue weighted by Gasteiger charge is 2.15. The maximum absolute atomic E-state index is 12.9. The lowest BCUT2D eigenvalue weighted by molar-refractivity contribution is -0.115. The fourth-order valence-electron chi connectivity index (χ4n) is 1.65. The number of rotatable bonds is 4. The van der Waals surface area contributed by atoms with Crippen molar-refractivity contribution in [1.82, 2.24) is 0 Å². The van der Waals surface area contributed by atoms with Gasteiger partial charge < -0.3 is 11.1 Å². The summed E-state index contributed by atoms with van der Waals surface area (Å²) in [5.74, 6) is -1.04. The normalized spacial score (nSPS) is 12.0. The van der Waals surface area contributed by atoms with Crippen molar-refractivity contribution in [1.29, 1.82) is 0 Å². The molecule has 1 unspecified atom stereocenters. The van der Waals surface area contributed by atoms with E-state index < -0.39 is 11.1 Å². The summed E-state index contributed by atoms with van der Waals surface area (Å²) in [4.78, 5) is 12.8. The summed E-state index contributed by atoms with van der Waals surface area (Å²) in [5.41, 5.74) is 6.17. The minimum absolute atomic E-state index is 0.169. The monoisotopic (exact) mass is 308 g/mol. The quantitative estimate of drug-likeness (QED) is 0.669. The highest BCUT2D eigenvalue weighted by Crippen LogP contribution is 2.25. The molecule has 0 spiro atoms. The number of nitrogens with one attached hydrogen (secondary N) is 1. The van der Waals surface area contributed by atoms with Crippen LogP contribution in [-0.4, -0.2) is 11.2 Å². The first-order valence-electron chi connectivity index (χ1n) is 6.24. The van der Waals surface area contributed by atoms with Crippen LogP contribution in [0.1, 0.15) is 6.92 Å². The predicted molar refractivity (Wildman–Crippen MR) is 81.2 cm³/mol. The third-order valence-electron chi connectivity index (χ3n) is 2.77. The molecular weight excluding hydrogens is 294 g/mol. The zero-order valence-electron chi connectivity index (χ0n) is 11.3. The van der Waals surface area contributed by atoms with Gasteiger partial charge in [-0.15, -0.1) is 11.8 Å². The Bertz CT molecular complexity index is 647. The van der Waals surface area contributed by atoms with E-state index in [1.165, 1.54) is 36.0 Å². The minimum atomic E-state index is -0.459. The lowest BCUT2D eigenvalue weighted by Gasteiger charge is -2.13. The second-order valence-corrected chi connectivity index (χ2v) is 5.85. The molecule has 2 rings (SSSR count). The first-order chi connectivity index (χ1) is 9.95. The van der Waals surface area contributed by atoms with Crippen LogP contribution in [0.3, 0.4) is 0 Å². The van der Waals surface area contributed by atoms with Crippen LogP contribution < -0.4 is 11.1 Å². The van der Waals surface area contributed by atoms with Crippen molar-refractivity contribution >= 4 is 29.0 Å². The van der Waals surface area contributed by atoms with E-state index >= 15 is 0 Å². The number of hydrogen-bond donors (Lipinski definition) is 2. The number of nitrogen functional groups attached to an aromatic ring is 1. The van der Waals surface area contributed by atoms with E-state index in [1.54, 1.807) is 19.1 Å². The minimum Gasteiger partial charge on any atom is -0.397 e. The van der Waals surface area contributed by atoms with Gasteiger partial charge in [0.05, 0.1) is 16.6 Å². The van der Waals surface area contributed by atoms with Gasteiger partial charge in [-0.25, -0.2) is 8.78 Å². The van der Waals surface area contributed by atoms with E-state index in [-0.39, 0.29) is 17.4 Å². The van der Waals surface area contributed by atoms with Crippen molar-refractivity contribution in [3.63, 3.8) is 0 Å². The number of thioether (sulfide) groups is 1. The number of nitrogens with two attached hydrogens (primary N) is 1. The fraction of sp³-hybridized carbons (Fsp3) is 0.133. The zero-order valence-corrected chi connectivity index (χ0v) is 12.1. The summed E-state index contributed by atoms with van der Waals surface area (Å²) in [6.07, 6.45) is 0. The Morgan fingerprint density at radius 3 is 2.38 bits per heavy atom. The van der Waals surface area contributed by atoms with Crippen LogP contribution >= 0.6 is 11.8 Å². The molecule has 0 heterocycles. The van der Waals surface area contributed by atoms with Gasteiger partial charge in [0.25, 0.3) is 0 Å². The summed E-state index contributed by atoms with van der Waals surface area (Å²) in [5, 5.41) is 2.24. The summed E-state index contributed by atoms with van der Waals surface area (Å²) in [7, 11) is 0. The lowest BCUT2D eigenvalue weighted by Crippen LogP contribution is -2.22. The van der Waals surface area contributed by atoms with Gasteiger partial charge >= 0.3 is 0 Å². The van der Waals surface area contributed by atoms with E-state index in [9.17, 15) is 13.6 Å². The first kappa shape index (κ1) is 15.3. The van der Waals surface area contributed by atoms with Crippen molar-refractivity contribution in [2.24, 2.45) is 0 Å². The average Bonchev–Trinajstić information content (AvgIpc) is 2.44. The maximum atomic E-state index is 12.9. The maximum Gasteiger partial charge on any atom is 0.237 e. The highest BCUT2D eigenvalue weighted by molar-refractivity contribution is 8.00. The molecule has 110 valence electrons. The molecule has 1 atom stereocenters. The number of benzene rings is 2. The second-order valence-electron chi connectivity index (χ2n) is 4.43. The number of carbonyl (C=O) groups is 1. The van der Waals surface area contributed by atoms with Crippen LogP contribution in [0.15, 0.2) is 47.4 Å². The molecule has 0 fully saturated rings. The molecule has 2 aromatic rings. The molecule has 0 aliphatic heterocycles. The van der Waals surface area contributed by atoms with Crippen molar-refractivity contribution in [2.75, 3.05) is 11.1 Å². The summed E-state index contributed by atoms with van der Waals surface area (Å²) >= 11 is 1.30. The molecular formula is C15H14F2N2OS. The predicted octanol–water partition coefficient (Wildman–Crippen LogP) is 3.67. The molecule has 0 saturated heterocycles. The smallest absolute Gasteiger partial charge is 0.237 e. The molecule has 3 nitrogen and oxygen atoms in total. The SMILES string of the molecule is CC(Sc1ccc(F)cc1)C(=O)Nc1ccc(F)cc1N. The van der Waals surface area contributed by atoms with Crippen LogP contribution in [0.2, 0.25) is 0 Å². The van der Waals surface area contributed by atoms with Gasteiger partial charge in [-0.05, 0) is 49.4 Å². The zero-order chi connectivity index (χ0) is 15.4. The molecule has 1 amide bonds. The Morgan fingerprint density at radius 1 is 1.14 bits per heavy atom. The van der Waals surface area contributed by atoms with Gasteiger partial charge in [-0.3, -0.25) is 4.79 Å². The van der Waals surface area contributed by atoms with Crippen molar-refractivity contribution in [3.8, 4) is 0 Å². The molecule has 0 saturated carbocycles. The molecule has 0 radical (unpaired) electrons. The van der Waals surface area contributed by atoms with Gasteiger partial charge in [0.1, 0.15) is 11.6 Å². The molecule has 2 aromatic carbocycles. The third kappa shape index (κ3) is 4.19. The van der Waals surface area contributed by atoms with Crippen molar-refractivity contribution in [3.05, 3.63) is 54.1 Å². The van der Waals surface area contributed by atoms with Crippen molar-refractivity contribution < 1.29 is 13.6 Å². The number of anilines is 2. The van der Waals surface area contributed by atoms with Crippen LogP contribution in [0.5, 0.6) is 0 Å². The first-order valence-corrected chi connectivity index (χ1v) is 7.12. The topological polar surface area (TPSA) is 55.1 Å². The van der Waals surface area contributed by atoms with Gasteiger partial charge in [0.2, 0.25) is 5.91 Å². The Hall–Kier alpha value is -2.08. The van der Waals surface area contributed by atoms with Gasteiger partial charge in [-0.1, -0.05) is 0 Å². The lowest BCUT2D eigenvalue weighted by atomic mass is 10.2. The Balaban J connectivity index is 2.00. The number of halogens is 2. The van der Waals surface area contributed by atoms with Gasteiger partial charge in [0.15, 0.2) is 0 Å². The Labute approximate surface area is 125 Å². The average molecular weight is 308 g/mol. The van der Waals surface area contributed by atoms with Gasteiger partial charge in [-0.2, -0.15) is 0 Å². The summed E-state index contributed by atoms with van der Waals surface area (Å²) < 4.78 is 25.8. The Morgan fingerprint density at radius 2 is 1.76 bits per heavy atom. The van der Waals surface area contributed by atoms with E-state index in [0.717, 1.165) is 11.0 Å². The number of carbonyl (C=O) groups excluding carboxylic acids is 1. The largest absolute Gasteiger partial charge is 0.397 e. The van der Waals surface area contributed by atoms with Crippen LogP contribution in [-0.2, 0) is 4.79 Å². The van der Waals surface area contributed by atoms with Crippen LogP contribution in [0, 0.1) is 11.6 Å². The van der Waals surface area contributed by atoms with E-state index in [4.69, 9.17) is 5.73 Å². The molecule has 21 heavy (non-hydrogen) atoms. The molecule has 0 aromatic heterocycles. The standard InChI is InChI=1S/C15H14F2N2OS/c1-9(21-12-5-2-10(16)3-6-12)15(20)19-14-7-4-11(17)8-13(14)18/h2-9H,18H2,1H3,(H,19,20). The van der Waals surface area contributed by atoms with Crippen LogP contribution in [0.25, 0.3) is 0 Å². The molecule has 0 aliphatic rings. The van der Waals surface area contributed by atoms with E-state index in [1.807, 2.05) is 0 Å². The Kier molecular flexibility index (Phi) is 4.80. The molecule has 6 heteroatoms. The van der Waals surface area contributed by atoms with E-state index in [2.05, 4.69) is 5.32 Å². The third-order valence-corrected chi connectivity index (χ3v) is 3.88. The summed E-state index contributed by atoms with van der Waals surface area (Å²) in [6, 6.07) is 9.68. The van der Waals surface area contributed by atoms with Crippen LogP contribution in [0.4, 0.5) is 20.2 Å². The van der Waals surface area contributed by atoms with Crippen molar-refractivity contribution in [2.45, 2.75) is 17.1 Å². The van der Waals surface area contributed by atoms with Gasteiger partial charge in [0, 0.05) is 4.90 Å².